The van der Waals surface area contributed by atoms with Gasteiger partial charge in [0.1, 0.15) is 12.7 Å². The quantitative estimate of drug-likeness (QED) is 0.567. The number of aromatic nitrogens is 6. The lowest BCUT2D eigenvalue weighted by atomic mass is 10.1. The predicted octanol–water partition coefficient (Wildman–Crippen LogP) is 1.84. The second-order valence-corrected chi connectivity index (χ2v) is 5.95. The van der Waals surface area contributed by atoms with Crippen LogP contribution in [0.25, 0.3) is 5.69 Å². The van der Waals surface area contributed by atoms with Crippen molar-refractivity contribution in [2.24, 2.45) is 0 Å². The highest BCUT2D eigenvalue weighted by Gasteiger charge is 2.11. The van der Waals surface area contributed by atoms with Crippen LogP contribution in [0, 0.1) is 0 Å². The van der Waals surface area contributed by atoms with Gasteiger partial charge in [0.15, 0.2) is 5.69 Å². The van der Waals surface area contributed by atoms with Crippen LogP contribution in [0.5, 0.6) is 0 Å². The van der Waals surface area contributed by atoms with Gasteiger partial charge in [0.05, 0.1) is 18.4 Å². The third kappa shape index (κ3) is 4.06. The van der Waals surface area contributed by atoms with Gasteiger partial charge in [0.2, 0.25) is 0 Å². The van der Waals surface area contributed by atoms with Gasteiger partial charge in [0, 0.05) is 6.54 Å². The first-order chi connectivity index (χ1) is 13.3. The summed E-state index contributed by atoms with van der Waals surface area (Å²) in [5.74, 6) is -0.260. The van der Waals surface area contributed by atoms with Gasteiger partial charge >= 0.3 is 0 Å². The van der Waals surface area contributed by atoms with E-state index < -0.39 is 0 Å². The van der Waals surface area contributed by atoms with E-state index in [1.165, 1.54) is 17.3 Å². The topological polar surface area (TPSA) is 90.5 Å². The summed E-state index contributed by atoms with van der Waals surface area (Å²) >= 11 is 0. The highest BCUT2D eigenvalue weighted by atomic mass is 16.2. The second-order valence-electron chi connectivity index (χ2n) is 5.95. The van der Waals surface area contributed by atoms with Gasteiger partial charge < -0.3 is 5.32 Å². The summed E-state index contributed by atoms with van der Waals surface area (Å²) in [6, 6.07) is 17.4. The van der Waals surface area contributed by atoms with Gasteiger partial charge in [0.25, 0.3) is 5.91 Å². The zero-order chi connectivity index (χ0) is 18.5. The molecule has 4 rings (SSSR count). The normalized spacial score (nSPS) is 10.7. The largest absolute Gasteiger partial charge is 0.347 e. The van der Waals surface area contributed by atoms with Gasteiger partial charge in [-0.25, -0.2) is 9.67 Å². The van der Waals surface area contributed by atoms with Gasteiger partial charge in [-0.2, -0.15) is 15.0 Å². The van der Waals surface area contributed by atoms with Crippen LogP contribution in [0.1, 0.15) is 21.6 Å². The lowest BCUT2D eigenvalue weighted by Gasteiger charge is -2.05. The third-order valence-corrected chi connectivity index (χ3v) is 4.00. The maximum absolute atomic E-state index is 12.3. The number of nitrogens with zero attached hydrogens (tertiary/aromatic N) is 6. The van der Waals surface area contributed by atoms with Crippen LogP contribution < -0.4 is 5.32 Å². The number of carbonyl (C=O) groups is 1. The number of hydrogen-bond donors (Lipinski definition) is 1. The van der Waals surface area contributed by atoms with Crippen molar-refractivity contribution >= 4 is 5.91 Å². The average molecular weight is 359 g/mol. The van der Waals surface area contributed by atoms with Crippen molar-refractivity contribution in [1.29, 1.82) is 0 Å². The number of rotatable bonds is 6. The average Bonchev–Trinajstić information content (AvgIpc) is 3.40. The van der Waals surface area contributed by atoms with Crippen molar-refractivity contribution in [3.63, 3.8) is 0 Å². The smallest absolute Gasteiger partial charge is 0.273 e. The predicted molar refractivity (Wildman–Crippen MR) is 98.1 cm³/mol. The van der Waals surface area contributed by atoms with Gasteiger partial charge in [-0.3, -0.25) is 4.79 Å². The molecule has 0 aliphatic rings. The van der Waals surface area contributed by atoms with E-state index in [1.807, 2.05) is 54.6 Å². The molecule has 0 atom stereocenters. The summed E-state index contributed by atoms with van der Waals surface area (Å²) in [6.07, 6.45) is 4.65. The fourth-order valence-corrected chi connectivity index (χ4v) is 2.59. The number of para-hydroxylation sites is 1. The maximum Gasteiger partial charge on any atom is 0.273 e. The Balaban J connectivity index is 1.34. The van der Waals surface area contributed by atoms with Crippen LogP contribution in [0.2, 0.25) is 0 Å². The Bertz CT molecular complexity index is 1010. The first-order valence-electron chi connectivity index (χ1n) is 8.44. The Morgan fingerprint density at radius 2 is 1.74 bits per heavy atom. The highest BCUT2D eigenvalue weighted by Crippen LogP contribution is 2.07. The molecule has 27 heavy (non-hydrogen) atoms. The van der Waals surface area contributed by atoms with Crippen molar-refractivity contribution < 1.29 is 4.79 Å². The molecule has 0 fully saturated rings. The summed E-state index contributed by atoms with van der Waals surface area (Å²) in [5, 5.41) is 15.3. The summed E-state index contributed by atoms with van der Waals surface area (Å²) < 4.78 is 1.76. The summed E-state index contributed by atoms with van der Waals surface area (Å²) in [4.78, 5) is 17.7. The lowest BCUT2D eigenvalue weighted by Crippen LogP contribution is -2.23. The summed E-state index contributed by atoms with van der Waals surface area (Å²) in [7, 11) is 0. The highest BCUT2D eigenvalue weighted by molar-refractivity contribution is 5.91. The van der Waals surface area contributed by atoms with Crippen molar-refractivity contribution in [3.8, 4) is 5.69 Å². The number of amides is 1. The molecule has 2 aromatic carbocycles. The lowest BCUT2D eigenvalue weighted by molar-refractivity contribution is 0.0945. The molecule has 0 radical (unpaired) electrons. The van der Waals surface area contributed by atoms with E-state index in [4.69, 9.17) is 0 Å². The van der Waals surface area contributed by atoms with Gasteiger partial charge in [-0.05, 0) is 23.3 Å². The Morgan fingerprint density at radius 3 is 2.48 bits per heavy atom. The second kappa shape index (κ2) is 7.61. The van der Waals surface area contributed by atoms with Crippen molar-refractivity contribution in [2.75, 3.05) is 0 Å². The number of nitrogens with one attached hydrogen (secondary N) is 1. The Hall–Kier alpha value is -3.81. The van der Waals surface area contributed by atoms with Crippen LogP contribution in [-0.2, 0) is 13.1 Å². The van der Waals surface area contributed by atoms with E-state index >= 15 is 0 Å². The fraction of sp³-hybridized carbons (Fsp3) is 0.105. The van der Waals surface area contributed by atoms with E-state index in [9.17, 15) is 4.79 Å². The Kier molecular flexibility index (Phi) is 4.69. The van der Waals surface area contributed by atoms with Crippen LogP contribution in [0.15, 0.2) is 73.4 Å². The number of carbonyl (C=O) groups excluding carboxylic acids is 1. The van der Waals surface area contributed by atoms with Crippen molar-refractivity contribution in [3.05, 3.63) is 90.3 Å². The minimum Gasteiger partial charge on any atom is -0.347 e. The third-order valence-electron chi connectivity index (χ3n) is 4.00. The van der Waals surface area contributed by atoms with Crippen LogP contribution in [0.3, 0.4) is 0 Å². The molecule has 0 saturated carbocycles. The van der Waals surface area contributed by atoms with Gasteiger partial charge in [-0.1, -0.05) is 42.5 Å². The number of benzene rings is 2. The van der Waals surface area contributed by atoms with Crippen LogP contribution in [0.4, 0.5) is 0 Å². The maximum atomic E-state index is 12.3. The molecule has 2 aromatic heterocycles. The molecule has 8 heteroatoms. The SMILES string of the molecule is O=C(NCc1ccc(Cn2cncn2)cc1)c1cnn(-c2ccccc2)n1. The summed E-state index contributed by atoms with van der Waals surface area (Å²) in [5.41, 5.74) is 3.20. The van der Waals surface area contributed by atoms with E-state index in [2.05, 4.69) is 25.6 Å². The zero-order valence-corrected chi connectivity index (χ0v) is 14.4. The van der Waals surface area contributed by atoms with Crippen molar-refractivity contribution in [1.82, 2.24) is 35.1 Å². The molecule has 0 bridgehead atoms. The molecule has 0 spiro atoms. The number of hydrogen-bond acceptors (Lipinski definition) is 5. The standard InChI is InChI=1S/C19H17N7O/c27-19(18-11-22-26(24-18)17-4-2-1-3-5-17)21-10-15-6-8-16(9-7-15)12-25-14-20-13-23-25/h1-9,11,13-14H,10,12H2,(H,21,27). The van der Waals surface area contributed by atoms with Crippen LogP contribution in [-0.4, -0.2) is 35.7 Å². The molecule has 1 N–H and O–H groups in total. The molecule has 0 aliphatic carbocycles. The Morgan fingerprint density at radius 1 is 0.963 bits per heavy atom. The van der Waals surface area contributed by atoms with E-state index in [1.54, 1.807) is 11.0 Å². The molecule has 0 unspecified atom stereocenters. The molecule has 1 amide bonds. The van der Waals surface area contributed by atoms with Gasteiger partial charge in [-0.15, -0.1) is 5.10 Å². The molecular formula is C19H17N7O. The molecule has 0 saturated heterocycles. The molecule has 8 nitrogen and oxygen atoms in total. The first-order valence-corrected chi connectivity index (χ1v) is 8.44. The van der Waals surface area contributed by atoms with E-state index in [0.29, 0.717) is 13.1 Å². The molecule has 4 aromatic rings. The molecule has 2 heterocycles. The monoisotopic (exact) mass is 359 g/mol. The zero-order valence-electron chi connectivity index (χ0n) is 14.4. The minimum absolute atomic E-state index is 0.260. The molecule has 0 aliphatic heterocycles. The van der Waals surface area contributed by atoms with E-state index in [0.717, 1.165) is 16.8 Å². The van der Waals surface area contributed by atoms with E-state index in [-0.39, 0.29) is 11.6 Å². The Labute approximate surface area is 155 Å². The summed E-state index contributed by atoms with van der Waals surface area (Å²) in [6.45, 7) is 1.08. The first kappa shape index (κ1) is 16.6. The van der Waals surface area contributed by atoms with Crippen molar-refractivity contribution in [2.45, 2.75) is 13.1 Å². The van der Waals surface area contributed by atoms with Crippen LogP contribution >= 0.6 is 0 Å². The minimum atomic E-state index is -0.260. The molecular weight excluding hydrogens is 342 g/mol. The fourth-order valence-electron chi connectivity index (χ4n) is 2.59. The molecule has 134 valence electrons.